The molecule has 1 N–H and O–H groups in total. The van der Waals surface area contributed by atoms with Gasteiger partial charge in [0.2, 0.25) is 5.91 Å². The molecule has 0 aliphatic heterocycles. The highest BCUT2D eigenvalue weighted by atomic mass is 32.1. The van der Waals surface area contributed by atoms with Gasteiger partial charge in [-0.05, 0) is 43.2 Å². The van der Waals surface area contributed by atoms with Gasteiger partial charge in [-0.2, -0.15) is 5.10 Å². The smallest absolute Gasteiger partial charge is 0.220 e. The number of thiophene rings is 1. The van der Waals surface area contributed by atoms with E-state index in [0.717, 1.165) is 21.0 Å². The van der Waals surface area contributed by atoms with Gasteiger partial charge in [-0.1, -0.05) is 18.2 Å². The Morgan fingerprint density at radius 3 is 2.65 bits per heavy atom. The van der Waals surface area contributed by atoms with Gasteiger partial charge < -0.3 is 5.32 Å². The van der Waals surface area contributed by atoms with E-state index in [4.69, 9.17) is 0 Å². The van der Waals surface area contributed by atoms with Crippen LogP contribution in [0.3, 0.4) is 0 Å². The molecule has 26 heavy (non-hydrogen) atoms. The van der Waals surface area contributed by atoms with E-state index in [0.29, 0.717) is 13.0 Å². The first-order valence-corrected chi connectivity index (χ1v) is 9.39. The van der Waals surface area contributed by atoms with Gasteiger partial charge in [0.15, 0.2) is 5.78 Å². The number of para-hydroxylation sites is 1. The summed E-state index contributed by atoms with van der Waals surface area (Å²) in [5, 5.41) is 7.21. The second kappa shape index (κ2) is 8.58. The molecule has 0 aliphatic rings. The molecule has 1 amide bonds. The van der Waals surface area contributed by atoms with Gasteiger partial charge in [0.1, 0.15) is 0 Å². The van der Waals surface area contributed by atoms with Crippen molar-refractivity contribution in [1.82, 2.24) is 15.1 Å². The van der Waals surface area contributed by atoms with E-state index < -0.39 is 0 Å². The Balaban J connectivity index is 1.40. The van der Waals surface area contributed by atoms with Crippen molar-refractivity contribution in [2.75, 3.05) is 6.54 Å². The highest BCUT2D eigenvalue weighted by Crippen LogP contribution is 2.17. The molecule has 2 heterocycles. The van der Waals surface area contributed by atoms with Crippen molar-refractivity contribution in [2.45, 2.75) is 26.2 Å². The summed E-state index contributed by atoms with van der Waals surface area (Å²) in [6.45, 7) is 2.50. The minimum atomic E-state index is -0.0953. The summed E-state index contributed by atoms with van der Waals surface area (Å²) >= 11 is 1.47. The SMILES string of the molecule is Cc1ccc(C(=O)CCC(=O)NCCc2cnn(-c3ccccc3)c2)s1. The lowest BCUT2D eigenvalue weighted by Gasteiger charge is -2.03. The Bertz CT molecular complexity index is 883. The molecule has 0 bridgehead atoms. The van der Waals surface area contributed by atoms with Crippen LogP contribution in [0.25, 0.3) is 5.69 Å². The van der Waals surface area contributed by atoms with Gasteiger partial charge in [0, 0.05) is 30.5 Å². The van der Waals surface area contributed by atoms with Gasteiger partial charge in [-0.15, -0.1) is 11.3 Å². The summed E-state index contributed by atoms with van der Waals surface area (Å²) in [5.41, 5.74) is 2.06. The van der Waals surface area contributed by atoms with Crippen LogP contribution in [0.5, 0.6) is 0 Å². The number of aromatic nitrogens is 2. The number of hydrogen-bond acceptors (Lipinski definition) is 4. The standard InChI is InChI=1S/C20H21N3O2S/c1-15-7-9-19(26-15)18(24)8-10-20(25)21-12-11-16-13-22-23(14-16)17-5-3-2-4-6-17/h2-7,9,13-14H,8,10-12H2,1H3,(H,21,25). The summed E-state index contributed by atoms with van der Waals surface area (Å²) < 4.78 is 1.82. The van der Waals surface area contributed by atoms with E-state index in [1.165, 1.54) is 11.3 Å². The van der Waals surface area contributed by atoms with Crippen LogP contribution in [0.2, 0.25) is 0 Å². The topological polar surface area (TPSA) is 64.0 Å². The molecule has 3 rings (SSSR count). The summed E-state index contributed by atoms with van der Waals surface area (Å²) in [7, 11) is 0. The Hall–Kier alpha value is -2.73. The number of nitrogens with one attached hydrogen (secondary N) is 1. The maximum absolute atomic E-state index is 12.0. The fourth-order valence-electron chi connectivity index (χ4n) is 2.58. The predicted molar refractivity (Wildman–Crippen MR) is 103 cm³/mol. The number of amides is 1. The van der Waals surface area contributed by atoms with Gasteiger partial charge >= 0.3 is 0 Å². The molecular weight excluding hydrogens is 346 g/mol. The fourth-order valence-corrected chi connectivity index (χ4v) is 3.42. The van der Waals surface area contributed by atoms with E-state index in [9.17, 15) is 9.59 Å². The van der Waals surface area contributed by atoms with Crippen molar-refractivity contribution in [1.29, 1.82) is 0 Å². The van der Waals surface area contributed by atoms with Crippen LogP contribution in [-0.4, -0.2) is 28.0 Å². The summed E-state index contributed by atoms with van der Waals surface area (Å²) in [4.78, 5) is 25.8. The van der Waals surface area contributed by atoms with Gasteiger partial charge in [-0.25, -0.2) is 4.68 Å². The first-order chi connectivity index (χ1) is 12.6. The zero-order chi connectivity index (χ0) is 18.4. The molecule has 0 unspecified atom stereocenters. The molecule has 0 atom stereocenters. The van der Waals surface area contributed by atoms with Crippen molar-refractivity contribution in [3.63, 3.8) is 0 Å². The largest absolute Gasteiger partial charge is 0.356 e. The normalized spacial score (nSPS) is 10.7. The van der Waals surface area contributed by atoms with Crippen LogP contribution in [0, 0.1) is 6.92 Å². The van der Waals surface area contributed by atoms with Gasteiger partial charge in [0.05, 0.1) is 16.8 Å². The molecule has 0 fully saturated rings. The number of carbonyl (C=O) groups excluding carboxylic acids is 2. The van der Waals surface area contributed by atoms with E-state index in [2.05, 4.69) is 10.4 Å². The highest BCUT2D eigenvalue weighted by Gasteiger charge is 2.11. The minimum Gasteiger partial charge on any atom is -0.356 e. The molecule has 134 valence electrons. The Morgan fingerprint density at radius 2 is 1.92 bits per heavy atom. The number of Topliss-reactive ketones (excluding diaryl/α,β-unsaturated/α-hetero) is 1. The van der Waals surface area contributed by atoms with Crippen LogP contribution < -0.4 is 5.32 Å². The molecule has 0 saturated carbocycles. The molecule has 6 heteroatoms. The monoisotopic (exact) mass is 367 g/mol. The number of rotatable bonds is 8. The zero-order valence-electron chi connectivity index (χ0n) is 14.6. The van der Waals surface area contributed by atoms with Crippen LogP contribution in [-0.2, 0) is 11.2 Å². The summed E-state index contributed by atoms with van der Waals surface area (Å²) in [6.07, 6.45) is 4.94. The molecular formula is C20H21N3O2S. The number of carbonyl (C=O) groups is 2. The van der Waals surface area contributed by atoms with Crippen molar-refractivity contribution < 1.29 is 9.59 Å². The third kappa shape index (κ3) is 4.89. The van der Waals surface area contributed by atoms with E-state index in [-0.39, 0.29) is 24.5 Å². The molecule has 0 saturated heterocycles. The number of aryl methyl sites for hydroxylation is 1. The third-order valence-electron chi connectivity index (χ3n) is 3.99. The number of benzene rings is 1. The first kappa shape index (κ1) is 18.1. The first-order valence-electron chi connectivity index (χ1n) is 8.57. The number of nitrogens with zero attached hydrogens (tertiary/aromatic N) is 2. The van der Waals surface area contributed by atoms with Crippen molar-refractivity contribution in [3.8, 4) is 5.69 Å². The third-order valence-corrected chi connectivity index (χ3v) is 5.03. The average Bonchev–Trinajstić information content (AvgIpc) is 3.30. The minimum absolute atomic E-state index is 0.0300. The molecule has 0 spiro atoms. The average molecular weight is 367 g/mol. The summed E-state index contributed by atoms with van der Waals surface area (Å²) in [5.74, 6) is -0.0653. The molecule has 1 aromatic carbocycles. The van der Waals surface area contributed by atoms with Crippen LogP contribution in [0.4, 0.5) is 0 Å². The molecule has 2 aromatic heterocycles. The van der Waals surface area contributed by atoms with Crippen LogP contribution >= 0.6 is 11.3 Å². The summed E-state index contributed by atoms with van der Waals surface area (Å²) in [6, 6.07) is 13.6. The number of ketones is 1. The van der Waals surface area contributed by atoms with Gasteiger partial charge in [0.25, 0.3) is 0 Å². The maximum atomic E-state index is 12.0. The van der Waals surface area contributed by atoms with Crippen molar-refractivity contribution in [2.24, 2.45) is 0 Å². The second-order valence-corrected chi connectivity index (χ2v) is 7.35. The van der Waals surface area contributed by atoms with Crippen LogP contribution in [0.1, 0.15) is 33.0 Å². The Kier molecular flexibility index (Phi) is 5.96. The zero-order valence-corrected chi connectivity index (χ0v) is 15.5. The molecule has 5 nitrogen and oxygen atoms in total. The number of hydrogen-bond donors (Lipinski definition) is 1. The van der Waals surface area contributed by atoms with Crippen molar-refractivity contribution in [3.05, 3.63) is 70.2 Å². The second-order valence-electron chi connectivity index (χ2n) is 6.06. The quantitative estimate of drug-likeness (QED) is 0.619. The molecule has 3 aromatic rings. The van der Waals surface area contributed by atoms with E-state index >= 15 is 0 Å². The van der Waals surface area contributed by atoms with Crippen LogP contribution in [0.15, 0.2) is 54.9 Å². The predicted octanol–water partition coefficient (Wildman–Crippen LogP) is 3.56. The highest BCUT2D eigenvalue weighted by molar-refractivity contribution is 7.14. The maximum Gasteiger partial charge on any atom is 0.220 e. The van der Waals surface area contributed by atoms with E-state index in [1.807, 2.05) is 66.5 Å². The lowest BCUT2D eigenvalue weighted by molar-refractivity contribution is -0.121. The van der Waals surface area contributed by atoms with Gasteiger partial charge in [-0.3, -0.25) is 9.59 Å². The Labute approximate surface area is 156 Å². The van der Waals surface area contributed by atoms with E-state index in [1.54, 1.807) is 0 Å². The lowest BCUT2D eigenvalue weighted by atomic mass is 10.2. The fraction of sp³-hybridized carbons (Fsp3) is 0.250. The molecule has 0 radical (unpaired) electrons. The molecule has 0 aliphatic carbocycles. The lowest BCUT2D eigenvalue weighted by Crippen LogP contribution is -2.25. The van der Waals surface area contributed by atoms with Crippen molar-refractivity contribution >= 4 is 23.0 Å². The Morgan fingerprint density at radius 1 is 1.12 bits per heavy atom.